The minimum Gasteiger partial charge on any atom is -0.484 e. The molecule has 0 aromatic heterocycles. The van der Waals surface area contributed by atoms with E-state index in [4.69, 9.17) is 4.74 Å². The fourth-order valence-electron chi connectivity index (χ4n) is 2.14. The van der Waals surface area contributed by atoms with Crippen molar-refractivity contribution >= 4 is 11.7 Å². The molecule has 0 aliphatic rings. The van der Waals surface area contributed by atoms with Crippen LogP contribution in [0, 0.1) is 5.82 Å². The third-order valence-electron chi connectivity index (χ3n) is 3.52. The van der Waals surface area contributed by atoms with Gasteiger partial charge in [-0.1, -0.05) is 19.1 Å². The fraction of sp³-hybridized carbons (Fsp3) is 0.263. The Balaban J connectivity index is 1.71. The van der Waals surface area contributed by atoms with Crippen molar-refractivity contribution in [3.63, 3.8) is 0 Å². The molecule has 0 spiro atoms. The summed E-state index contributed by atoms with van der Waals surface area (Å²) >= 11 is 0. The molecule has 0 heterocycles. The highest BCUT2D eigenvalue weighted by atomic mass is 19.1. The second-order valence-electron chi connectivity index (χ2n) is 5.32. The van der Waals surface area contributed by atoms with Gasteiger partial charge in [0, 0.05) is 18.5 Å². The van der Waals surface area contributed by atoms with Crippen molar-refractivity contribution in [2.75, 3.05) is 13.2 Å². The zero-order valence-electron chi connectivity index (χ0n) is 13.5. The molecule has 4 nitrogen and oxygen atoms in total. The predicted octanol–water partition coefficient (Wildman–Crippen LogP) is 3.16. The van der Waals surface area contributed by atoms with Crippen molar-refractivity contribution < 1.29 is 18.7 Å². The van der Waals surface area contributed by atoms with E-state index in [1.54, 1.807) is 36.4 Å². The molecular weight excluding hydrogens is 309 g/mol. The van der Waals surface area contributed by atoms with Gasteiger partial charge < -0.3 is 10.1 Å². The first-order valence-corrected chi connectivity index (χ1v) is 7.85. The second-order valence-corrected chi connectivity index (χ2v) is 5.32. The van der Waals surface area contributed by atoms with Gasteiger partial charge in [-0.3, -0.25) is 9.59 Å². The molecule has 2 rings (SSSR count). The Kier molecular flexibility index (Phi) is 6.49. The molecule has 1 amide bonds. The Labute approximate surface area is 140 Å². The molecule has 24 heavy (non-hydrogen) atoms. The fourth-order valence-corrected chi connectivity index (χ4v) is 2.14. The van der Waals surface area contributed by atoms with Crippen LogP contribution in [-0.2, 0) is 11.2 Å². The van der Waals surface area contributed by atoms with Crippen LogP contribution in [0.2, 0.25) is 0 Å². The van der Waals surface area contributed by atoms with Crippen LogP contribution in [0.1, 0.15) is 29.3 Å². The van der Waals surface area contributed by atoms with Gasteiger partial charge in [-0.25, -0.2) is 4.39 Å². The van der Waals surface area contributed by atoms with E-state index in [0.29, 0.717) is 30.7 Å². The molecule has 0 fully saturated rings. The Morgan fingerprint density at radius 3 is 2.33 bits per heavy atom. The first-order chi connectivity index (χ1) is 11.6. The number of benzene rings is 2. The maximum Gasteiger partial charge on any atom is 0.257 e. The summed E-state index contributed by atoms with van der Waals surface area (Å²) in [6.07, 6.45) is 1.08. The smallest absolute Gasteiger partial charge is 0.257 e. The lowest BCUT2D eigenvalue weighted by molar-refractivity contribution is -0.123. The molecule has 0 unspecified atom stereocenters. The van der Waals surface area contributed by atoms with Crippen LogP contribution in [0.5, 0.6) is 5.75 Å². The summed E-state index contributed by atoms with van der Waals surface area (Å²) < 4.78 is 18.2. The van der Waals surface area contributed by atoms with E-state index in [1.807, 2.05) is 6.92 Å². The zero-order valence-corrected chi connectivity index (χ0v) is 13.5. The molecule has 0 saturated carbocycles. The van der Waals surface area contributed by atoms with Crippen LogP contribution >= 0.6 is 0 Å². The van der Waals surface area contributed by atoms with Gasteiger partial charge in [0.15, 0.2) is 12.4 Å². The third-order valence-corrected chi connectivity index (χ3v) is 3.52. The first-order valence-electron chi connectivity index (χ1n) is 7.85. The Bertz CT molecular complexity index is 681. The monoisotopic (exact) mass is 329 g/mol. The molecule has 2 aromatic carbocycles. The number of ketones is 1. The van der Waals surface area contributed by atoms with Gasteiger partial charge in [-0.05, 0) is 48.4 Å². The largest absolute Gasteiger partial charge is 0.484 e. The van der Waals surface area contributed by atoms with Gasteiger partial charge in [0.05, 0.1) is 0 Å². The minimum atomic E-state index is -0.275. The second kappa shape index (κ2) is 8.82. The number of carbonyl (C=O) groups is 2. The number of hydrogen-bond donors (Lipinski definition) is 1. The summed E-state index contributed by atoms with van der Waals surface area (Å²) in [5, 5.41) is 2.74. The molecule has 0 saturated heterocycles. The van der Waals surface area contributed by atoms with E-state index < -0.39 is 0 Å². The molecule has 0 atom stereocenters. The van der Waals surface area contributed by atoms with Crippen LogP contribution in [0.4, 0.5) is 4.39 Å². The number of rotatable bonds is 8. The van der Waals surface area contributed by atoms with E-state index in [9.17, 15) is 14.0 Å². The van der Waals surface area contributed by atoms with Crippen molar-refractivity contribution in [3.05, 3.63) is 65.5 Å². The summed E-state index contributed by atoms with van der Waals surface area (Å²) in [7, 11) is 0. The topological polar surface area (TPSA) is 55.4 Å². The van der Waals surface area contributed by atoms with E-state index in [0.717, 1.165) is 5.56 Å². The summed E-state index contributed by atoms with van der Waals surface area (Å²) in [4.78, 5) is 23.3. The first kappa shape index (κ1) is 17.7. The minimum absolute atomic E-state index is 0.0695. The maximum absolute atomic E-state index is 12.8. The highest BCUT2D eigenvalue weighted by molar-refractivity contribution is 5.95. The average Bonchev–Trinajstić information content (AvgIpc) is 2.61. The number of amides is 1. The normalized spacial score (nSPS) is 10.2. The van der Waals surface area contributed by atoms with Crippen LogP contribution in [-0.4, -0.2) is 24.8 Å². The maximum atomic E-state index is 12.8. The highest BCUT2D eigenvalue weighted by Crippen LogP contribution is 2.13. The molecule has 0 radical (unpaired) electrons. The van der Waals surface area contributed by atoms with E-state index >= 15 is 0 Å². The molecular formula is C19H20FNO3. The number of ether oxygens (including phenoxy) is 1. The van der Waals surface area contributed by atoms with Gasteiger partial charge in [0.25, 0.3) is 5.91 Å². The van der Waals surface area contributed by atoms with E-state index in [2.05, 4.69) is 5.32 Å². The van der Waals surface area contributed by atoms with E-state index in [-0.39, 0.29) is 24.1 Å². The van der Waals surface area contributed by atoms with Gasteiger partial charge in [0.2, 0.25) is 0 Å². The summed E-state index contributed by atoms with van der Waals surface area (Å²) in [6, 6.07) is 12.9. The van der Waals surface area contributed by atoms with Gasteiger partial charge in [-0.15, -0.1) is 0 Å². The zero-order chi connectivity index (χ0) is 17.4. The molecule has 5 heteroatoms. The lowest BCUT2D eigenvalue weighted by Crippen LogP contribution is -2.30. The quantitative estimate of drug-likeness (QED) is 0.757. The van der Waals surface area contributed by atoms with Crippen LogP contribution < -0.4 is 10.1 Å². The number of carbonyl (C=O) groups excluding carboxylic acids is 2. The van der Waals surface area contributed by atoms with Crippen molar-refractivity contribution in [1.29, 1.82) is 0 Å². The van der Waals surface area contributed by atoms with Crippen LogP contribution in [0.15, 0.2) is 48.5 Å². The molecule has 1 N–H and O–H groups in total. The van der Waals surface area contributed by atoms with E-state index in [1.165, 1.54) is 12.1 Å². The van der Waals surface area contributed by atoms with Crippen molar-refractivity contribution in [1.82, 2.24) is 5.32 Å². The molecule has 126 valence electrons. The Hall–Kier alpha value is -2.69. The number of nitrogens with one attached hydrogen (secondary N) is 1. The van der Waals surface area contributed by atoms with Gasteiger partial charge in [0.1, 0.15) is 11.6 Å². The lowest BCUT2D eigenvalue weighted by atomic mass is 10.1. The summed E-state index contributed by atoms with van der Waals surface area (Å²) in [5.74, 6) is 0.102. The van der Waals surface area contributed by atoms with Crippen molar-refractivity contribution in [2.24, 2.45) is 0 Å². The number of hydrogen-bond acceptors (Lipinski definition) is 3. The molecule has 0 aliphatic carbocycles. The highest BCUT2D eigenvalue weighted by Gasteiger charge is 2.05. The Morgan fingerprint density at radius 1 is 1.04 bits per heavy atom. The number of halogens is 1. The van der Waals surface area contributed by atoms with Gasteiger partial charge in [-0.2, -0.15) is 0 Å². The molecule has 2 aromatic rings. The summed E-state index contributed by atoms with van der Waals surface area (Å²) in [5.41, 5.74) is 1.59. The number of Topliss-reactive ketones (excluding diaryl/α,β-unsaturated/α-hetero) is 1. The molecule has 0 bridgehead atoms. The van der Waals surface area contributed by atoms with Crippen molar-refractivity contribution in [2.45, 2.75) is 19.8 Å². The Morgan fingerprint density at radius 2 is 1.71 bits per heavy atom. The van der Waals surface area contributed by atoms with Crippen LogP contribution in [0.3, 0.4) is 0 Å². The molecule has 0 aliphatic heterocycles. The standard InChI is InChI=1S/C19H20FNO3/c1-2-18(22)15-5-9-17(10-6-15)24-13-19(23)21-12-11-14-3-7-16(20)8-4-14/h3-10H,2,11-13H2,1H3,(H,21,23). The average molecular weight is 329 g/mol. The SMILES string of the molecule is CCC(=O)c1ccc(OCC(=O)NCCc2ccc(F)cc2)cc1. The third kappa shape index (κ3) is 5.50. The summed E-state index contributed by atoms with van der Waals surface area (Å²) in [6.45, 7) is 2.17. The lowest BCUT2D eigenvalue weighted by Gasteiger charge is -2.08. The van der Waals surface area contributed by atoms with Gasteiger partial charge >= 0.3 is 0 Å². The van der Waals surface area contributed by atoms with Crippen LogP contribution in [0.25, 0.3) is 0 Å². The predicted molar refractivity (Wildman–Crippen MR) is 89.7 cm³/mol. The van der Waals surface area contributed by atoms with Crippen molar-refractivity contribution in [3.8, 4) is 5.75 Å².